The number of nitrogens with two attached hydrogens (primary N) is 1. The van der Waals surface area contributed by atoms with Gasteiger partial charge in [0.05, 0.1) is 4.47 Å². The summed E-state index contributed by atoms with van der Waals surface area (Å²) in [7, 11) is 0. The fraction of sp³-hybridized carbons (Fsp3) is 0.308. The summed E-state index contributed by atoms with van der Waals surface area (Å²) >= 11 is 3.08. The molecule has 1 aromatic heterocycles. The van der Waals surface area contributed by atoms with Gasteiger partial charge in [-0.1, -0.05) is 13.8 Å². The summed E-state index contributed by atoms with van der Waals surface area (Å²) < 4.78 is 27.3. The zero-order valence-corrected chi connectivity index (χ0v) is 11.7. The molecule has 0 unspecified atom stereocenters. The highest BCUT2D eigenvalue weighted by molar-refractivity contribution is 9.10. The van der Waals surface area contributed by atoms with Crippen molar-refractivity contribution in [2.24, 2.45) is 5.92 Å². The fourth-order valence-corrected chi connectivity index (χ4v) is 2.44. The van der Waals surface area contributed by atoms with Gasteiger partial charge in [0, 0.05) is 22.8 Å². The van der Waals surface area contributed by atoms with Crippen molar-refractivity contribution < 1.29 is 8.78 Å². The van der Waals surface area contributed by atoms with E-state index >= 15 is 0 Å². The zero-order chi connectivity index (χ0) is 13.4. The van der Waals surface area contributed by atoms with Gasteiger partial charge in [-0.3, -0.25) is 0 Å². The second kappa shape index (κ2) is 4.80. The molecule has 0 radical (unpaired) electrons. The lowest BCUT2D eigenvalue weighted by atomic mass is 10.1. The maximum Gasteiger partial charge on any atom is 0.152 e. The topological polar surface area (TPSA) is 38.9 Å². The van der Waals surface area contributed by atoms with Gasteiger partial charge in [-0.2, -0.15) is 0 Å². The molecule has 96 valence electrons. The number of hydrogen-bond donors (Lipinski definition) is 1. The molecular weight excluding hydrogens is 302 g/mol. The summed E-state index contributed by atoms with van der Waals surface area (Å²) in [5, 5.41) is 0.292. The third kappa shape index (κ3) is 2.32. The average Bonchev–Trinajstić information content (AvgIpc) is 2.24. The Hall–Kier alpha value is -1.23. The maximum absolute atomic E-state index is 13.7. The Morgan fingerprint density at radius 3 is 2.56 bits per heavy atom. The summed E-state index contributed by atoms with van der Waals surface area (Å²) in [6, 6.07) is 2.49. The number of fused-ring (bicyclic) bond motifs is 1. The number of benzene rings is 1. The smallest absolute Gasteiger partial charge is 0.152 e. The zero-order valence-electron chi connectivity index (χ0n) is 10.1. The monoisotopic (exact) mass is 314 g/mol. The minimum absolute atomic E-state index is 0.110. The molecule has 1 heterocycles. The number of nitrogens with zero attached hydrogens (tertiary/aromatic N) is 1. The molecule has 0 saturated heterocycles. The van der Waals surface area contributed by atoms with E-state index in [0.717, 1.165) is 6.07 Å². The maximum atomic E-state index is 13.7. The standard InChI is InChI=1S/C13H13BrF2N2/c1-6(2)3-7-4-10(17)11-12(14)8(15)5-9(16)13(11)18-7/h4-6H,3H2,1-2H3,(H2,17,18). The van der Waals surface area contributed by atoms with Crippen LogP contribution in [-0.4, -0.2) is 4.98 Å². The molecule has 2 nitrogen and oxygen atoms in total. The van der Waals surface area contributed by atoms with Gasteiger partial charge in [0.25, 0.3) is 0 Å². The van der Waals surface area contributed by atoms with E-state index < -0.39 is 11.6 Å². The van der Waals surface area contributed by atoms with E-state index in [2.05, 4.69) is 20.9 Å². The molecule has 1 aromatic carbocycles. The van der Waals surface area contributed by atoms with Crippen LogP contribution < -0.4 is 5.73 Å². The van der Waals surface area contributed by atoms with E-state index in [1.165, 1.54) is 0 Å². The summed E-state index contributed by atoms with van der Waals surface area (Å²) in [5.74, 6) is -0.977. The van der Waals surface area contributed by atoms with Crippen molar-refractivity contribution in [3.8, 4) is 0 Å². The molecule has 0 aliphatic heterocycles. The Kier molecular flexibility index (Phi) is 3.52. The van der Waals surface area contributed by atoms with Gasteiger partial charge in [0.1, 0.15) is 11.3 Å². The average molecular weight is 315 g/mol. The first-order valence-corrected chi connectivity index (χ1v) is 6.42. The van der Waals surface area contributed by atoms with Gasteiger partial charge in [-0.15, -0.1) is 0 Å². The van der Waals surface area contributed by atoms with E-state index in [-0.39, 0.29) is 9.99 Å². The molecule has 0 aliphatic rings. The number of halogens is 3. The van der Waals surface area contributed by atoms with Crippen LogP contribution in [0.3, 0.4) is 0 Å². The normalized spacial score (nSPS) is 11.4. The van der Waals surface area contributed by atoms with Crippen molar-refractivity contribution in [2.45, 2.75) is 20.3 Å². The van der Waals surface area contributed by atoms with Crippen molar-refractivity contribution >= 4 is 32.5 Å². The van der Waals surface area contributed by atoms with Crippen LogP contribution in [0.4, 0.5) is 14.5 Å². The van der Waals surface area contributed by atoms with Crippen LogP contribution in [0.5, 0.6) is 0 Å². The predicted octanol–water partition coefficient (Wildman–Crippen LogP) is 4.06. The number of aromatic nitrogens is 1. The highest BCUT2D eigenvalue weighted by Gasteiger charge is 2.15. The summed E-state index contributed by atoms with van der Waals surface area (Å²) in [5.41, 5.74) is 7.03. The number of rotatable bonds is 2. The van der Waals surface area contributed by atoms with Crippen LogP contribution >= 0.6 is 15.9 Å². The van der Waals surface area contributed by atoms with Gasteiger partial charge < -0.3 is 5.73 Å². The molecule has 2 aromatic rings. The van der Waals surface area contributed by atoms with Crippen molar-refractivity contribution in [2.75, 3.05) is 5.73 Å². The Bertz CT molecular complexity index is 612. The van der Waals surface area contributed by atoms with Crippen LogP contribution in [0.2, 0.25) is 0 Å². The number of hydrogen-bond acceptors (Lipinski definition) is 2. The third-order valence-electron chi connectivity index (χ3n) is 2.63. The van der Waals surface area contributed by atoms with Crippen LogP contribution in [0.1, 0.15) is 19.5 Å². The lowest BCUT2D eigenvalue weighted by molar-refractivity contribution is 0.585. The molecule has 0 bridgehead atoms. The lowest BCUT2D eigenvalue weighted by Gasteiger charge is -2.10. The van der Waals surface area contributed by atoms with Crippen LogP contribution in [0.15, 0.2) is 16.6 Å². The summed E-state index contributed by atoms with van der Waals surface area (Å²) in [6.07, 6.45) is 0.703. The predicted molar refractivity (Wildman–Crippen MR) is 72.3 cm³/mol. The minimum Gasteiger partial charge on any atom is -0.398 e. The van der Waals surface area contributed by atoms with E-state index in [0.29, 0.717) is 29.1 Å². The second-order valence-corrected chi connectivity index (χ2v) is 5.47. The largest absolute Gasteiger partial charge is 0.398 e. The Morgan fingerprint density at radius 1 is 1.28 bits per heavy atom. The first kappa shape index (κ1) is 13.2. The van der Waals surface area contributed by atoms with Crippen molar-refractivity contribution in [1.82, 2.24) is 4.98 Å². The van der Waals surface area contributed by atoms with E-state index in [4.69, 9.17) is 5.73 Å². The summed E-state index contributed by atoms with van der Waals surface area (Å²) in [4.78, 5) is 4.23. The molecule has 2 N–H and O–H groups in total. The Balaban J connectivity index is 2.73. The molecule has 0 fully saturated rings. The molecule has 18 heavy (non-hydrogen) atoms. The second-order valence-electron chi connectivity index (χ2n) is 4.68. The van der Waals surface area contributed by atoms with Crippen molar-refractivity contribution in [1.29, 1.82) is 0 Å². The summed E-state index contributed by atoms with van der Waals surface area (Å²) in [6.45, 7) is 4.08. The van der Waals surface area contributed by atoms with Gasteiger partial charge in [0.2, 0.25) is 0 Å². The molecule has 5 heteroatoms. The number of nitrogen functional groups attached to an aromatic ring is 1. The van der Waals surface area contributed by atoms with Gasteiger partial charge in [-0.25, -0.2) is 13.8 Å². The van der Waals surface area contributed by atoms with Crippen LogP contribution in [0, 0.1) is 17.6 Å². The Labute approximate surface area is 112 Å². The molecule has 0 saturated carbocycles. The van der Waals surface area contributed by atoms with Gasteiger partial charge >= 0.3 is 0 Å². The first-order valence-electron chi connectivity index (χ1n) is 5.62. The highest BCUT2D eigenvalue weighted by Crippen LogP contribution is 2.33. The van der Waals surface area contributed by atoms with E-state index in [9.17, 15) is 8.78 Å². The quantitative estimate of drug-likeness (QED) is 0.849. The molecule has 2 rings (SSSR count). The number of anilines is 1. The lowest BCUT2D eigenvalue weighted by Crippen LogP contribution is -2.02. The first-order chi connectivity index (χ1) is 8.40. The molecule has 0 amide bonds. The number of pyridine rings is 1. The molecular formula is C13H13BrF2N2. The van der Waals surface area contributed by atoms with Crippen molar-refractivity contribution in [3.05, 3.63) is 33.9 Å². The SMILES string of the molecule is CC(C)Cc1cc(N)c2c(Br)c(F)cc(F)c2n1. The fourth-order valence-electron chi connectivity index (χ4n) is 1.91. The van der Waals surface area contributed by atoms with E-state index in [1.54, 1.807) is 6.07 Å². The third-order valence-corrected chi connectivity index (χ3v) is 3.40. The van der Waals surface area contributed by atoms with Gasteiger partial charge in [0.15, 0.2) is 5.82 Å². The highest BCUT2D eigenvalue weighted by atomic mass is 79.9. The van der Waals surface area contributed by atoms with Crippen LogP contribution in [-0.2, 0) is 6.42 Å². The molecule has 0 atom stereocenters. The molecule has 0 spiro atoms. The Morgan fingerprint density at radius 2 is 1.94 bits per heavy atom. The van der Waals surface area contributed by atoms with Crippen molar-refractivity contribution in [3.63, 3.8) is 0 Å². The molecule has 0 aliphatic carbocycles. The van der Waals surface area contributed by atoms with Gasteiger partial charge in [-0.05, 0) is 34.3 Å². The van der Waals surface area contributed by atoms with E-state index in [1.807, 2.05) is 13.8 Å². The van der Waals surface area contributed by atoms with Crippen LogP contribution in [0.25, 0.3) is 10.9 Å². The minimum atomic E-state index is -0.692.